The molecule has 5 rings (SSSR count). The number of carbonyl (C=O) groups is 1. The Kier molecular flexibility index (Phi) is 6.08. The fraction of sp³-hybridized carbons (Fsp3) is 0.333. The molecule has 2 atom stereocenters. The number of nitrogens with two attached hydrogens (primary N) is 1. The van der Waals surface area contributed by atoms with Gasteiger partial charge in [-0.25, -0.2) is 15.0 Å². The number of hydrogen-bond acceptors (Lipinski definition) is 7. The van der Waals surface area contributed by atoms with Crippen LogP contribution >= 0.6 is 12.6 Å². The number of carbonyl (C=O) groups excluding carboxylic acids is 1. The minimum atomic E-state index is -0.516. The lowest BCUT2D eigenvalue weighted by molar-refractivity contribution is -0.118. The number of thiol groups is 1. The van der Waals surface area contributed by atoms with Gasteiger partial charge >= 0.3 is 0 Å². The van der Waals surface area contributed by atoms with Crippen molar-refractivity contribution in [1.82, 2.24) is 19.1 Å². The fourth-order valence-electron chi connectivity index (χ4n) is 3.92. The van der Waals surface area contributed by atoms with Gasteiger partial charge in [0.15, 0.2) is 11.2 Å². The van der Waals surface area contributed by atoms with Gasteiger partial charge in [0, 0.05) is 42.5 Å². The van der Waals surface area contributed by atoms with Crippen molar-refractivity contribution < 1.29 is 4.79 Å². The number of hydrogen-bond donors (Lipinski definition) is 3. The third-order valence-corrected chi connectivity index (χ3v) is 6.14. The Balaban J connectivity index is 0.000000154. The average Bonchev–Trinajstić information content (AvgIpc) is 3.19. The van der Waals surface area contributed by atoms with Crippen LogP contribution in [0.4, 0.5) is 5.69 Å². The molecule has 3 aromatic rings. The normalized spacial score (nSPS) is 19.0. The lowest BCUT2D eigenvalue weighted by atomic mass is 10.2. The van der Waals surface area contributed by atoms with Crippen LogP contribution in [0.3, 0.4) is 0 Å². The summed E-state index contributed by atoms with van der Waals surface area (Å²) in [5, 5.41) is 7.31. The Morgan fingerprint density at radius 1 is 1.31 bits per heavy atom. The van der Waals surface area contributed by atoms with Crippen LogP contribution in [-0.4, -0.2) is 50.7 Å². The number of imidazole rings is 1. The number of fused-ring (bicyclic) bond motifs is 2. The molecule has 1 aliphatic heterocycles. The second kappa shape index (κ2) is 8.95. The number of aromatic nitrogens is 4. The van der Waals surface area contributed by atoms with Crippen LogP contribution < -0.4 is 16.2 Å². The molecule has 2 aliphatic rings. The zero-order valence-corrected chi connectivity index (χ0v) is 18.4. The van der Waals surface area contributed by atoms with Gasteiger partial charge in [-0.3, -0.25) is 14.2 Å². The van der Waals surface area contributed by atoms with Crippen molar-refractivity contribution in [3.63, 3.8) is 0 Å². The number of nitrogens with one attached hydrogen (secondary N) is 1. The summed E-state index contributed by atoms with van der Waals surface area (Å²) in [5.41, 5.74) is 7.51. The van der Waals surface area contributed by atoms with Crippen molar-refractivity contribution in [2.75, 3.05) is 18.0 Å². The lowest BCUT2D eigenvalue weighted by Gasteiger charge is -2.20. The Morgan fingerprint density at radius 3 is 2.72 bits per heavy atom. The maximum absolute atomic E-state index is 12.0. The molecule has 11 heteroatoms. The van der Waals surface area contributed by atoms with E-state index in [1.165, 1.54) is 48.6 Å². The van der Waals surface area contributed by atoms with Crippen molar-refractivity contribution in [3.8, 4) is 0 Å². The Labute approximate surface area is 189 Å². The van der Waals surface area contributed by atoms with Gasteiger partial charge < -0.3 is 20.6 Å². The molecular formula is C21H24N8O2S. The van der Waals surface area contributed by atoms with E-state index in [4.69, 9.17) is 11.1 Å². The van der Waals surface area contributed by atoms with Crippen LogP contribution in [0.15, 0.2) is 45.5 Å². The highest BCUT2D eigenvalue weighted by atomic mass is 32.1. The van der Waals surface area contributed by atoms with Gasteiger partial charge in [0.2, 0.25) is 0 Å². The SMILES string of the molecule is Cn1cnc2ncn(CC(=O)N=CN)c(=O)c21.N=Cc1cc(N2C[C@H]3C[C@H]3C2)ccc1S. The summed E-state index contributed by atoms with van der Waals surface area (Å²) in [6.07, 6.45) is 6.45. The molecule has 1 saturated carbocycles. The molecule has 1 saturated heterocycles. The zero-order chi connectivity index (χ0) is 22.8. The van der Waals surface area contributed by atoms with Crippen molar-refractivity contribution in [2.45, 2.75) is 17.9 Å². The standard InChI is InChI=1S/C12H14N2S.C9H10N6O2/c13-5-8-4-11(1-2-12(8)15)14-6-9-3-10(9)7-14;1-14-4-12-8-7(14)9(17)15(5-13-8)2-6(16)11-3-10/h1-2,4-5,9-10,13,15H,3,6-7H2;3-5H,2H2,1H3,(H2,10,11,16)/t9-,10+;. The van der Waals surface area contributed by atoms with E-state index in [9.17, 15) is 9.59 Å². The molecule has 1 amide bonds. The van der Waals surface area contributed by atoms with E-state index in [-0.39, 0.29) is 12.1 Å². The third kappa shape index (κ3) is 4.42. The first kappa shape index (κ1) is 21.8. The molecule has 32 heavy (non-hydrogen) atoms. The highest BCUT2D eigenvalue weighted by molar-refractivity contribution is 7.80. The van der Waals surface area contributed by atoms with E-state index in [1.807, 2.05) is 6.07 Å². The zero-order valence-electron chi connectivity index (χ0n) is 17.5. The minimum absolute atomic E-state index is 0.194. The predicted octanol–water partition coefficient (Wildman–Crippen LogP) is 1.07. The molecule has 0 bridgehead atoms. The Bertz CT molecular complexity index is 1250. The van der Waals surface area contributed by atoms with E-state index in [1.54, 1.807) is 11.6 Å². The first-order valence-electron chi connectivity index (χ1n) is 10.1. The maximum atomic E-state index is 12.0. The number of anilines is 1. The van der Waals surface area contributed by atoms with Crippen LogP contribution in [0.25, 0.3) is 11.2 Å². The fourth-order valence-corrected chi connectivity index (χ4v) is 4.12. The predicted molar refractivity (Wildman–Crippen MR) is 126 cm³/mol. The van der Waals surface area contributed by atoms with E-state index >= 15 is 0 Å². The summed E-state index contributed by atoms with van der Waals surface area (Å²) in [7, 11) is 1.68. The van der Waals surface area contributed by atoms with Crippen LogP contribution in [0.5, 0.6) is 0 Å². The van der Waals surface area contributed by atoms with Crippen molar-refractivity contribution >= 4 is 47.9 Å². The molecule has 0 unspecified atom stereocenters. The number of aliphatic imine (C=N–C) groups is 1. The number of amides is 1. The number of nitrogens with zero attached hydrogens (tertiary/aromatic N) is 6. The second-order valence-electron chi connectivity index (χ2n) is 7.93. The first-order chi connectivity index (χ1) is 15.4. The van der Waals surface area contributed by atoms with Crippen LogP contribution in [0.2, 0.25) is 0 Å². The van der Waals surface area contributed by atoms with E-state index < -0.39 is 5.91 Å². The van der Waals surface area contributed by atoms with Crippen molar-refractivity contribution in [3.05, 3.63) is 46.8 Å². The summed E-state index contributed by atoms with van der Waals surface area (Å²) in [6, 6.07) is 6.17. The van der Waals surface area contributed by atoms with Gasteiger partial charge in [-0.15, -0.1) is 12.6 Å². The highest BCUT2D eigenvalue weighted by Crippen LogP contribution is 2.46. The quantitative estimate of drug-likeness (QED) is 0.308. The summed E-state index contributed by atoms with van der Waals surface area (Å²) >= 11 is 4.32. The summed E-state index contributed by atoms with van der Waals surface area (Å²) in [4.78, 5) is 37.8. The number of rotatable bonds is 4. The van der Waals surface area contributed by atoms with Crippen LogP contribution in [-0.2, 0) is 18.4 Å². The minimum Gasteiger partial charge on any atom is -0.390 e. The molecule has 3 N–H and O–H groups in total. The monoisotopic (exact) mass is 452 g/mol. The summed E-state index contributed by atoms with van der Waals surface area (Å²) in [5.74, 6) is 1.38. The van der Waals surface area contributed by atoms with Gasteiger partial charge in [-0.2, -0.15) is 0 Å². The number of aryl methyl sites for hydroxylation is 1. The molecule has 0 radical (unpaired) electrons. The number of benzene rings is 1. The molecule has 2 fully saturated rings. The van der Waals surface area contributed by atoms with Crippen molar-refractivity contribution in [1.29, 1.82) is 5.41 Å². The molecule has 1 aliphatic carbocycles. The molecule has 3 heterocycles. The molecular weight excluding hydrogens is 428 g/mol. The summed E-state index contributed by atoms with van der Waals surface area (Å²) in [6.45, 7) is 2.21. The number of piperidine rings is 1. The van der Waals surface area contributed by atoms with Gasteiger partial charge in [0.25, 0.3) is 11.5 Å². The smallest absolute Gasteiger partial charge is 0.280 e. The van der Waals surface area contributed by atoms with Crippen molar-refractivity contribution in [2.24, 2.45) is 29.6 Å². The van der Waals surface area contributed by atoms with E-state index in [2.05, 4.69) is 44.6 Å². The largest absolute Gasteiger partial charge is 0.390 e. The summed E-state index contributed by atoms with van der Waals surface area (Å²) < 4.78 is 2.72. The first-order valence-corrected chi connectivity index (χ1v) is 10.6. The van der Waals surface area contributed by atoms with E-state index in [0.717, 1.165) is 28.6 Å². The Hall–Kier alpha value is -3.47. The van der Waals surface area contributed by atoms with Gasteiger partial charge in [0.05, 0.1) is 12.7 Å². The lowest BCUT2D eigenvalue weighted by Crippen LogP contribution is -2.25. The highest BCUT2D eigenvalue weighted by Gasteiger charge is 2.45. The second-order valence-corrected chi connectivity index (χ2v) is 8.41. The van der Waals surface area contributed by atoms with Gasteiger partial charge in [-0.05, 0) is 36.5 Å². The average molecular weight is 453 g/mol. The molecule has 1 aromatic carbocycles. The van der Waals surface area contributed by atoms with Crippen LogP contribution in [0, 0.1) is 17.2 Å². The van der Waals surface area contributed by atoms with Gasteiger partial charge in [0.1, 0.15) is 12.9 Å². The molecule has 166 valence electrons. The Morgan fingerprint density at radius 2 is 2.03 bits per heavy atom. The topological polar surface area (TPSA) is 135 Å². The van der Waals surface area contributed by atoms with Crippen LogP contribution in [0.1, 0.15) is 12.0 Å². The third-order valence-electron chi connectivity index (χ3n) is 5.74. The molecule has 2 aromatic heterocycles. The van der Waals surface area contributed by atoms with E-state index in [0.29, 0.717) is 11.2 Å². The maximum Gasteiger partial charge on any atom is 0.280 e. The molecule has 0 spiro atoms. The molecule has 10 nitrogen and oxygen atoms in total. The van der Waals surface area contributed by atoms with Gasteiger partial charge in [-0.1, -0.05) is 0 Å².